The van der Waals surface area contributed by atoms with Gasteiger partial charge in [-0.25, -0.2) is 4.79 Å². The fourth-order valence-electron chi connectivity index (χ4n) is 3.55. The Hall–Kier alpha value is -2.55. The summed E-state index contributed by atoms with van der Waals surface area (Å²) >= 11 is 0. The van der Waals surface area contributed by atoms with Crippen molar-refractivity contribution in [3.05, 3.63) is 36.9 Å². The molecule has 0 amide bonds. The van der Waals surface area contributed by atoms with E-state index in [1.54, 1.807) is 18.7 Å². The first-order valence-corrected chi connectivity index (χ1v) is 8.16. The van der Waals surface area contributed by atoms with Crippen LogP contribution < -0.4 is 10.2 Å². The number of anilines is 1. The zero-order valence-corrected chi connectivity index (χ0v) is 13.6. The van der Waals surface area contributed by atoms with Crippen LogP contribution in [0.15, 0.2) is 41.3 Å². The maximum Gasteiger partial charge on any atom is 0.490 e. The highest BCUT2D eigenvalue weighted by Gasteiger charge is 2.48. The van der Waals surface area contributed by atoms with Gasteiger partial charge in [0.15, 0.2) is 6.23 Å². The Kier molecular flexibility index (Phi) is 4.10. The number of carbonyl (C=O) groups excluding carboxylic acids is 1. The van der Waals surface area contributed by atoms with Crippen LogP contribution in [0.5, 0.6) is 0 Å². The minimum atomic E-state index is -4.98. The number of aromatic nitrogens is 1. The number of nitrogens with one attached hydrogen (secondary N) is 1. The number of ether oxygens (including phenoxy) is 1. The number of carbonyl (C=O) groups is 1. The second-order valence-corrected chi connectivity index (χ2v) is 6.47. The number of furan rings is 1. The number of pyridine rings is 1. The average Bonchev–Trinajstić information content (AvgIpc) is 3.32. The van der Waals surface area contributed by atoms with Gasteiger partial charge in [0.05, 0.1) is 30.1 Å². The van der Waals surface area contributed by atoms with E-state index in [1.165, 1.54) is 0 Å². The summed E-state index contributed by atoms with van der Waals surface area (Å²) < 4.78 is 46.9. The standard InChI is InChI=1S/C17H16F3N3O3/c18-17(19,20)16(24)26-15-13-8-23(7-11(13)5-22-15)12-1-2-14(21-6-12)10-3-4-25-9-10/h1-4,6,9,11,13,15,22H,5,7-8H2. The van der Waals surface area contributed by atoms with Gasteiger partial charge in [0, 0.05) is 31.1 Å². The molecule has 2 aliphatic rings. The van der Waals surface area contributed by atoms with E-state index < -0.39 is 18.4 Å². The Bertz CT molecular complexity index is 777. The highest BCUT2D eigenvalue weighted by Crippen LogP contribution is 2.35. The summed E-state index contributed by atoms with van der Waals surface area (Å²) in [4.78, 5) is 17.6. The molecule has 0 bridgehead atoms. The normalized spacial score (nSPS) is 25.3. The van der Waals surface area contributed by atoms with Crippen LogP contribution in [0.1, 0.15) is 0 Å². The summed E-state index contributed by atoms with van der Waals surface area (Å²) in [5, 5.41) is 2.87. The molecule has 2 aliphatic heterocycles. The second-order valence-electron chi connectivity index (χ2n) is 6.47. The first-order valence-electron chi connectivity index (χ1n) is 8.16. The van der Waals surface area contributed by atoms with Gasteiger partial charge in [-0.3, -0.25) is 10.3 Å². The van der Waals surface area contributed by atoms with Crippen molar-refractivity contribution in [2.24, 2.45) is 11.8 Å². The molecule has 2 saturated heterocycles. The molecule has 3 atom stereocenters. The van der Waals surface area contributed by atoms with E-state index in [9.17, 15) is 18.0 Å². The highest BCUT2D eigenvalue weighted by molar-refractivity contribution is 5.75. The summed E-state index contributed by atoms with van der Waals surface area (Å²) in [5.41, 5.74) is 2.53. The lowest BCUT2D eigenvalue weighted by molar-refractivity contribution is -0.207. The van der Waals surface area contributed by atoms with Gasteiger partial charge < -0.3 is 14.1 Å². The molecule has 0 saturated carbocycles. The Balaban J connectivity index is 1.43. The number of fused-ring (bicyclic) bond motifs is 1. The molecule has 4 rings (SSSR count). The molecule has 3 unspecified atom stereocenters. The van der Waals surface area contributed by atoms with Crippen LogP contribution in [0.3, 0.4) is 0 Å². The van der Waals surface area contributed by atoms with Crippen molar-refractivity contribution in [1.82, 2.24) is 10.3 Å². The van der Waals surface area contributed by atoms with E-state index in [-0.39, 0.29) is 11.8 Å². The van der Waals surface area contributed by atoms with E-state index in [2.05, 4.69) is 19.9 Å². The molecule has 26 heavy (non-hydrogen) atoms. The van der Waals surface area contributed by atoms with Gasteiger partial charge in [-0.15, -0.1) is 0 Å². The van der Waals surface area contributed by atoms with E-state index >= 15 is 0 Å². The lowest BCUT2D eigenvalue weighted by atomic mass is 9.99. The third kappa shape index (κ3) is 3.14. The summed E-state index contributed by atoms with van der Waals surface area (Å²) in [6.45, 7) is 1.68. The number of halogens is 3. The molecule has 0 spiro atoms. The van der Waals surface area contributed by atoms with Crippen LogP contribution in [-0.4, -0.2) is 43.0 Å². The minimum absolute atomic E-state index is 0.120. The summed E-state index contributed by atoms with van der Waals surface area (Å²) in [5.74, 6) is -2.22. The van der Waals surface area contributed by atoms with Crippen molar-refractivity contribution in [3.63, 3.8) is 0 Å². The van der Waals surface area contributed by atoms with E-state index in [0.717, 1.165) is 16.9 Å². The fourth-order valence-corrected chi connectivity index (χ4v) is 3.55. The number of esters is 1. The number of rotatable bonds is 3. The Labute approximate surface area is 146 Å². The van der Waals surface area contributed by atoms with Crippen molar-refractivity contribution >= 4 is 11.7 Å². The third-order valence-corrected chi connectivity index (χ3v) is 4.86. The topological polar surface area (TPSA) is 67.6 Å². The molecule has 9 heteroatoms. The van der Waals surface area contributed by atoms with Crippen LogP contribution >= 0.6 is 0 Å². The summed E-state index contributed by atoms with van der Waals surface area (Å²) in [6.07, 6.45) is -0.995. The molecule has 4 heterocycles. The highest BCUT2D eigenvalue weighted by atomic mass is 19.4. The molecule has 6 nitrogen and oxygen atoms in total. The van der Waals surface area contributed by atoms with Gasteiger partial charge in [0.1, 0.15) is 0 Å². The van der Waals surface area contributed by atoms with E-state index in [4.69, 9.17) is 4.42 Å². The fraction of sp³-hybridized carbons (Fsp3) is 0.412. The molecule has 2 aromatic rings. The third-order valence-electron chi connectivity index (χ3n) is 4.86. The van der Waals surface area contributed by atoms with E-state index in [1.807, 2.05) is 18.2 Å². The monoisotopic (exact) mass is 367 g/mol. The lowest BCUT2D eigenvalue weighted by Gasteiger charge is -2.23. The van der Waals surface area contributed by atoms with Crippen LogP contribution in [0.4, 0.5) is 18.9 Å². The predicted octanol–water partition coefficient (Wildman–Crippen LogP) is 2.43. The van der Waals surface area contributed by atoms with Crippen molar-refractivity contribution in [3.8, 4) is 11.3 Å². The zero-order valence-electron chi connectivity index (χ0n) is 13.6. The number of nitrogens with zero attached hydrogens (tertiary/aromatic N) is 2. The lowest BCUT2D eigenvalue weighted by Crippen LogP contribution is -2.40. The van der Waals surface area contributed by atoms with Gasteiger partial charge in [-0.2, -0.15) is 13.2 Å². The average molecular weight is 367 g/mol. The number of alkyl halides is 3. The molecule has 0 aromatic carbocycles. The van der Waals surface area contributed by atoms with E-state index in [0.29, 0.717) is 19.6 Å². The van der Waals surface area contributed by atoms with Crippen LogP contribution in [0.2, 0.25) is 0 Å². The molecule has 0 aliphatic carbocycles. The molecular formula is C17H16F3N3O3. The summed E-state index contributed by atoms with van der Waals surface area (Å²) in [6, 6.07) is 5.60. The van der Waals surface area contributed by atoms with Gasteiger partial charge in [0.2, 0.25) is 0 Å². The Morgan fingerprint density at radius 1 is 1.31 bits per heavy atom. The van der Waals surface area contributed by atoms with Crippen molar-refractivity contribution in [1.29, 1.82) is 0 Å². The van der Waals surface area contributed by atoms with Crippen LogP contribution in [0, 0.1) is 11.8 Å². The maximum atomic E-state index is 12.4. The smallest absolute Gasteiger partial charge is 0.472 e. The van der Waals surface area contributed by atoms with Crippen molar-refractivity contribution in [2.75, 3.05) is 24.5 Å². The first-order chi connectivity index (χ1) is 12.4. The molecule has 2 fully saturated rings. The quantitative estimate of drug-likeness (QED) is 0.841. The molecule has 0 radical (unpaired) electrons. The van der Waals surface area contributed by atoms with Gasteiger partial charge in [-0.05, 0) is 24.1 Å². The molecule has 138 valence electrons. The van der Waals surface area contributed by atoms with Gasteiger partial charge in [-0.1, -0.05) is 0 Å². The van der Waals surface area contributed by atoms with Crippen LogP contribution in [-0.2, 0) is 9.53 Å². The molecular weight excluding hydrogens is 351 g/mol. The second kappa shape index (κ2) is 6.31. The minimum Gasteiger partial charge on any atom is -0.472 e. The van der Waals surface area contributed by atoms with Crippen LogP contribution in [0.25, 0.3) is 11.3 Å². The predicted molar refractivity (Wildman–Crippen MR) is 85.1 cm³/mol. The zero-order chi connectivity index (χ0) is 18.3. The first kappa shape index (κ1) is 16.9. The SMILES string of the molecule is O=C(OC1NCC2CN(c3ccc(-c4ccoc4)nc3)CC21)C(F)(F)F. The molecule has 1 N–H and O–H groups in total. The van der Waals surface area contributed by atoms with Crippen molar-refractivity contribution < 1.29 is 27.1 Å². The molecule has 2 aromatic heterocycles. The number of hydrogen-bond acceptors (Lipinski definition) is 6. The number of hydrogen-bond donors (Lipinski definition) is 1. The van der Waals surface area contributed by atoms with Crippen molar-refractivity contribution in [2.45, 2.75) is 12.4 Å². The summed E-state index contributed by atoms with van der Waals surface area (Å²) in [7, 11) is 0. The maximum absolute atomic E-state index is 12.4. The Morgan fingerprint density at radius 3 is 2.81 bits per heavy atom. The largest absolute Gasteiger partial charge is 0.490 e. The Morgan fingerprint density at radius 2 is 2.15 bits per heavy atom. The van der Waals surface area contributed by atoms with Gasteiger partial charge in [0.25, 0.3) is 0 Å². The van der Waals surface area contributed by atoms with Gasteiger partial charge >= 0.3 is 12.1 Å².